The van der Waals surface area contributed by atoms with Crippen molar-refractivity contribution in [1.29, 1.82) is 0 Å². The second-order valence-electron chi connectivity index (χ2n) is 3.79. The summed E-state index contributed by atoms with van der Waals surface area (Å²) in [6.45, 7) is 4.04. The van der Waals surface area contributed by atoms with E-state index in [9.17, 15) is 4.79 Å². The lowest BCUT2D eigenvalue weighted by Crippen LogP contribution is -2.10. The molecule has 0 saturated heterocycles. The number of hydrogen-bond donors (Lipinski definition) is 1. The predicted molar refractivity (Wildman–Crippen MR) is 61.1 cm³/mol. The molecular weight excluding hydrogens is 188 g/mol. The highest BCUT2D eigenvalue weighted by atomic mass is 16.4. The topological polar surface area (TPSA) is 37.3 Å². The first kappa shape index (κ1) is 11.8. The Morgan fingerprint density at radius 2 is 1.87 bits per heavy atom. The normalized spacial score (nSPS) is 12.4. The van der Waals surface area contributed by atoms with E-state index in [1.54, 1.807) is 0 Å². The van der Waals surface area contributed by atoms with E-state index >= 15 is 0 Å². The molecule has 1 aromatic carbocycles. The zero-order chi connectivity index (χ0) is 11.3. The van der Waals surface area contributed by atoms with Crippen LogP contribution in [0, 0.1) is 0 Å². The minimum absolute atomic E-state index is 0.360. The van der Waals surface area contributed by atoms with E-state index in [-0.39, 0.29) is 5.92 Å². The third-order valence-electron chi connectivity index (χ3n) is 2.63. The van der Waals surface area contributed by atoms with Crippen LogP contribution >= 0.6 is 0 Å². The molecule has 0 bridgehead atoms. The molecule has 15 heavy (non-hydrogen) atoms. The van der Waals surface area contributed by atoms with Crippen LogP contribution in [0.5, 0.6) is 0 Å². The lowest BCUT2D eigenvalue weighted by Gasteiger charge is -2.10. The number of aliphatic carboxylic acids is 1. The fourth-order valence-electron chi connectivity index (χ4n) is 1.76. The SMILES string of the molecule is CCCc1ccc(C(CC)C(=O)O)cc1. The summed E-state index contributed by atoms with van der Waals surface area (Å²) in [4.78, 5) is 10.9. The molecule has 1 N–H and O–H groups in total. The van der Waals surface area contributed by atoms with Gasteiger partial charge in [0.1, 0.15) is 0 Å². The Kier molecular flexibility index (Phi) is 4.35. The van der Waals surface area contributed by atoms with Gasteiger partial charge in [0.15, 0.2) is 0 Å². The summed E-state index contributed by atoms with van der Waals surface area (Å²) in [5.41, 5.74) is 2.19. The van der Waals surface area contributed by atoms with E-state index in [1.807, 2.05) is 31.2 Å². The van der Waals surface area contributed by atoms with Crippen molar-refractivity contribution in [1.82, 2.24) is 0 Å². The molecule has 0 fully saturated rings. The molecule has 0 radical (unpaired) electrons. The van der Waals surface area contributed by atoms with Gasteiger partial charge in [0.2, 0.25) is 0 Å². The number of rotatable bonds is 5. The van der Waals surface area contributed by atoms with Crippen molar-refractivity contribution in [3.8, 4) is 0 Å². The molecule has 1 rings (SSSR count). The monoisotopic (exact) mass is 206 g/mol. The molecule has 2 heteroatoms. The van der Waals surface area contributed by atoms with Crippen LogP contribution in [0.1, 0.15) is 43.7 Å². The fraction of sp³-hybridized carbons (Fsp3) is 0.462. The highest BCUT2D eigenvalue weighted by Gasteiger charge is 2.16. The molecule has 82 valence electrons. The third kappa shape index (κ3) is 3.08. The van der Waals surface area contributed by atoms with Crippen molar-refractivity contribution in [2.45, 2.75) is 39.0 Å². The number of benzene rings is 1. The molecule has 1 atom stereocenters. The lowest BCUT2D eigenvalue weighted by atomic mass is 9.95. The van der Waals surface area contributed by atoms with E-state index < -0.39 is 5.97 Å². The molecule has 0 aliphatic carbocycles. The van der Waals surface area contributed by atoms with Gasteiger partial charge in [-0.15, -0.1) is 0 Å². The summed E-state index contributed by atoms with van der Waals surface area (Å²) in [5.74, 6) is -1.10. The van der Waals surface area contributed by atoms with Crippen LogP contribution in [0.15, 0.2) is 24.3 Å². The Labute approximate surface area is 90.9 Å². The molecule has 0 spiro atoms. The summed E-state index contributed by atoms with van der Waals surface area (Å²) in [7, 11) is 0. The lowest BCUT2D eigenvalue weighted by molar-refractivity contribution is -0.138. The molecular formula is C13H18O2. The maximum absolute atomic E-state index is 10.9. The summed E-state index contributed by atoms with van der Waals surface area (Å²) in [6, 6.07) is 7.94. The van der Waals surface area contributed by atoms with Gasteiger partial charge >= 0.3 is 5.97 Å². The van der Waals surface area contributed by atoms with Crippen LogP contribution in [0.25, 0.3) is 0 Å². The van der Waals surface area contributed by atoms with Gasteiger partial charge in [-0.3, -0.25) is 4.79 Å². The molecule has 0 aromatic heterocycles. The van der Waals surface area contributed by atoms with Crippen molar-refractivity contribution in [3.63, 3.8) is 0 Å². The first-order valence-corrected chi connectivity index (χ1v) is 5.50. The highest BCUT2D eigenvalue weighted by molar-refractivity contribution is 5.75. The van der Waals surface area contributed by atoms with Crippen molar-refractivity contribution in [2.75, 3.05) is 0 Å². The Morgan fingerprint density at radius 1 is 1.27 bits per heavy atom. The average molecular weight is 206 g/mol. The zero-order valence-corrected chi connectivity index (χ0v) is 9.36. The molecule has 2 nitrogen and oxygen atoms in total. The first-order valence-electron chi connectivity index (χ1n) is 5.50. The highest BCUT2D eigenvalue weighted by Crippen LogP contribution is 2.20. The van der Waals surface area contributed by atoms with Gasteiger partial charge in [-0.1, -0.05) is 44.5 Å². The smallest absolute Gasteiger partial charge is 0.310 e. The van der Waals surface area contributed by atoms with E-state index in [1.165, 1.54) is 5.56 Å². The zero-order valence-electron chi connectivity index (χ0n) is 9.36. The quantitative estimate of drug-likeness (QED) is 0.803. The summed E-state index contributed by atoms with van der Waals surface area (Å²) < 4.78 is 0. The van der Waals surface area contributed by atoms with E-state index in [0.717, 1.165) is 18.4 Å². The largest absolute Gasteiger partial charge is 0.481 e. The van der Waals surface area contributed by atoms with Gasteiger partial charge < -0.3 is 5.11 Å². The molecule has 0 heterocycles. The fourth-order valence-corrected chi connectivity index (χ4v) is 1.76. The molecule has 0 aliphatic rings. The van der Waals surface area contributed by atoms with Crippen LogP contribution in [-0.2, 0) is 11.2 Å². The second kappa shape index (κ2) is 5.54. The standard InChI is InChI=1S/C13H18O2/c1-3-5-10-6-8-11(9-7-10)12(4-2)13(14)15/h6-9,12H,3-5H2,1-2H3,(H,14,15). The molecule has 0 aliphatic heterocycles. The number of carboxylic acids is 1. The van der Waals surface area contributed by atoms with Gasteiger partial charge in [0.25, 0.3) is 0 Å². The average Bonchev–Trinajstić information content (AvgIpc) is 2.21. The van der Waals surface area contributed by atoms with Crippen molar-refractivity contribution >= 4 is 5.97 Å². The van der Waals surface area contributed by atoms with Crippen LogP contribution in [-0.4, -0.2) is 11.1 Å². The predicted octanol–water partition coefficient (Wildman–Crippen LogP) is 3.22. The van der Waals surface area contributed by atoms with Crippen molar-refractivity contribution in [3.05, 3.63) is 35.4 Å². The minimum Gasteiger partial charge on any atom is -0.481 e. The van der Waals surface area contributed by atoms with Crippen LogP contribution < -0.4 is 0 Å². The first-order chi connectivity index (χ1) is 7.19. The molecule has 1 unspecified atom stereocenters. The van der Waals surface area contributed by atoms with Gasteiger partial charge in [-0.25, -0.2) is 0 Å². The van der Waals surface area contributed by atoms with Crippen molar-refractivity contribution in [2.24, 2.45) is 0 Å². The second-order valence-corrected chi connectivity index (χ2v) is 3.79. The molecule has 1 aromatic rings. The van der Waals surface area contributed by atoms with Crippen molar-refractivity contribution < 1.29 is 9.90 Å². The Hall–Kier alpha value is -1.31. The summed E-state index contributed by atoms with van der Waals surface area (Å²) in [5, 5.41) is 9.00. The van der Waals surface area contributed by atoms with E-state index in [4.69, 9.17) is 5.11 Å². The van der Waals surface area contributed by atoms with Gasteiger partial charge in [0, 0.05) is 0 Å². The summed E-state index contributed by atoms with van der Waals surface area (Å²) in [6.07, 6.45) is 2.82. The number of carbonyl (C=O) groups is 1. The Morgan fingerprint density at radius 3 is 2.27 bits per heavy atom. The Balaban J connectivity index is 2.82. The number of hydrogen-bond acceptors (Lipinski definition) is 1. The maximum atomic E-state index is 10.9. The summed E-state index contributed by atoms with van der Waals surface area (Å²) >= 11 is 0. The molecule has 0 saturated carbocycles. The van der Waals surface area contributed by atoms with E-state index in [0.29, 0.717) is 6.42 Å². The van der Waals surface area contributed by atoms with Crippen LogP contribution in [0.4, 0.5) is 0 Å². The van der Waals surface area contributed by atoms with E-state index in [2.05, 4.69) is 6.92 Å². The maximum Gasteiger partial charge on any atom is 0.310 e. The van der Waals surface area contributed by atoms with Crippen LogP contribution in [0.3, 0.4) is 0 Å². The van der Waals surface area contributed by atoms with Crippen LogP contribution in [0.2, 0.25) is 0 Å². The van der Waals surface area contributed by atoms with Gasteiger partial charge in [-0.2, -0.15) is 0 Å². The van der Waals surface area contributed by atoms with Gasteiger partial charge in [0.05, 0.1) is 5.92 Å². The number of aryl methyl sites for hydroxylation is 1. The minimum atomic E-state index is -0.735. The number of carboxylic acid groups (broad SMARTS) is 1. The molecule has 0 amide bonds. The van der Waals surface area contributed by atoms with Gasteiger partial charge in [-0.05, 0) is 24.0 Å². The third-order valence-corrected chi connectivity index (χ3v) is 2.63. The Bertz CT molecular complexity index is 314.